The number of hydrogen-bond acceptors (Lipinski definition) is 4. The average molecular weight is 342 g/mol. The van der Waals surface area contributed by atoms with E-state index in [1.165, 1.54) is 11.3 Å². The highest BCUT2D eigenvalue weighted by Gasteiger charge is 2.22. The van der Waals surface area contributed by atoms with Crippen LogP contribution < -0.4 is 4.72 Å². The zero-order valence-electron chi connectivity index (χ0n) is 9.73. The normalized spacial score (nSPS) is 12.9. The van der Waals surface area contributed by atoms with E-state index in [4.69, 9.17) is 5.11 Å². The molecule has 1 aromatic heterocycles. The Bertz CT molecular complexity index is 468. The molecule has 0 aliphatic carbocycles. The van der Waals surface area contributed by atoms with Gasteiger partial charge in [0, 0.05) is 13.2 Å². The van der Waals surface area contributed by atoms with Crippen molar-refractivity contribution in [2.75, 3.05) is 13.2 Å². The minimum absolute atomic E-state index is 0.0548. The van der Waals surface area contributed by atoms with Crippen LogP contribution in [0.4, 0.5) is 0 Å². The van der Waals surface area contributed by atoms with Gasteiger partial charge in [-0.05, 0) is 39.9 Å². The van der Waals surface area contributed by atoms with Crippen LogP contribution in [0, 0.1) is 5.41 Å². The van der Waals surface area contributed by atoms with Gasteiger partial charge in [-0.15, -0.1) is 11.3 Å². The maximum absolute atomic E-state index is 11.9. The van der Waals surface area contributed by atoms with E-state index in [0.717, 1.165) is 3.79 Å². The Labute approximate surface area is 114 Å². The van der Waals surface area contributed by atoms with Crippen molar-refractivity contribution in [1.29, 1.82) is 0 Å². The molecule has 0 amide bonds. The van der Waals surface area contributed by atoms with Gasteiger partial charge in [-0.2, -0.15) is 0 Å². The zero-order chi connectivity index (χ0) is 13.1. The SMILES string of the molecule is CC(C)(CCO)CNS(=O)(=O)c1ccc(Br)s1. The lowest BCUT2D eigenvalue weighted by molar-refractivity contribution is 0.213. The van der Waals surface area contributed by atoms with Crippen LogP contribution in [0.2, 0.25) is 0 Å². The topological polar surface area (TPSA) is 66.4 Å². The molecule has 0 unspecified atom stereocenters. The fraction of sp³-hybridized carbons (Fsp3) is 0.600. The van der Waals surface area contributed by atoms with E-state index in [9.17, 15) is 8.42 Å². The van der Waals surface area contributed by atoms with Crippen LogP contribution in [0.1, 0.15) is 20.3 Å². The quantitative estimate of drug-likeness (QED) is 0.833. The predicted octanol–water partition coefficient (Wildman–Crippen LogP) is 2.20. The summed E-state index contributed by atoms with van der Waals surface area (Å²) in [6.45, 7) is 4.19. The molecular weight excluding hydrogens is 326 g/mol. The molecule has 98 valence electrons. The van der Waals surface area contributed by atoms with Crippen molar-refractivity contribution in [3.63, 3.8) is 0 Å². The maximum Gasteiger partial charge on any atom is 0.250 e. The molecule has 2 N–H and O–H groups in total. The fourth-order valence-electron chi connectivity index (χ4n) is 1.19. The Morgan fingerprint density at radius 2 is 2.12 bits per heavy atom. The summed E-state index contributed by atoms with van der Waals surface area (Å²) in [5.74, 6) is 0. The molecule has 0 aliphatic rings. The Hall–Kier alpha value is 0.0500. The lowest BCUT2D eigenvalue weighted by Gasteiger charge is -2.23. The van der Waals surface area contributed by atoms with Gasteiger partial charge < -0.3 is 5.11 Å². The minimum Gasteiger partial charge on any atom is -0.396 e. The highest BCUT2D eigenvalue weighted by Crippen LogP contribution is 2.26. The Balaban J connectivity index is 2.69. The molecule has 4 nitrogen and oxygen atoms in total. The van der Waals surface area contributed by atoms with E-state index in [1.54, 1.807) is 12.1 Å². The zero-order valence-corrected chi connectivity index (χ0v) is 13.0. The highest BCUT2D eigenvalue weighted by molar-refractivity contribution is 9.11. The third-order valence-electron chi connectivity index (χ3n) is 2.34. The van der Waals surface area contributed by atoms with Crippen molar-refractivity contribution in [3.8, 4) is 0 Å². The first-order valence-corrected chi connectivity index (χ1v) is 8.22. The third kappa shape index (κ3) is 4.67. The molecule has 1 rings (SSSR count). The van der Waals surface area contributed by atoms with Gasteiger partial charge in [0.1, 0.15) is 4.21 Å². The fourth-order valence-corrected chi connectivity index (χ4v) is 4.49. The number of thiophene rings is 1. The van der Waals surface area contributed by atoms with E-state index in [2.05, 4.69) is 20.7 Å². The Morgan fingerprint density at radius 3 is 2.59 bits per heavy atom. The van der Waals surface area contributed by atoms with Crippen molar-refractivity contribution >= 4 is 37.3 Å². The number of aliphatic hydroxyl groups is 1. The summed E-state index contributed by atoms with van der Waals surface area (Å²) < 4.78 is 27.5. The predicted molar refractivity (Wildman–Crippen MR) is 72.7 cm³/mol. The number of aliphatic hydroxyl groups excluding tert-OH is 1. The van der Waals surface area contributed by atoms with Crippen molar-refractivity contribution in [3.05, 3.63) is 15.9 Å². The van der Waals surface area contributed by atoms with Crippen LogP contribution in [0.3, 0.4) is 0 Å². The molecule has 17 heavy (non-hydrogen) atoms. The molecule has 1 heterocycles. The van der Waals surface area contributed by atoms with Gasteiger partial charge in [-0.3, -0.25) is 0 Å². The first-order valence-electron chi connectivity index (χ1n) is 5.13. The number of halogens is 1. The van der Waals surface area contributed by atoms with E-state index in [0.29, 0.717) is 17.2 Å². The van der Waals surface area contributed by atoms with Gasteiger partial charge in [0.25, 0.3) is 0 Å². The molecule has 0 aromatic carbocycles. The van der Waals surface area contributed by atoms with Crippen molar-refractivity contribution in [2.45, 2.75) is 24.5 Å². The van der Waals surface area contributed by atoms with Gasteiger partial charge >= 0.3 is 0 Å². The number of nitrogens with one attached hydrogen (secondary N) is 1. The second-order valence-electron chi connectivity index (χ2n) is 4.52. The van der Waals surface area contributed by atoms with Gasteiger partial charge in [-0.1, -0.05) is 13.8 Å². The summed E-state index contributed by atoms with van der Waals surface area (Å²) in [6, 6.07) is 3.27. The highest BCUT2D eigenvalue weighted by atomic mass is 79.9. The van der Waals surface area contributed by atoms with Crippen molar-refractivity contribution in [1.82, 2.24) is 4.72 Å². The first-order chi connectivity index (χ1) is 7.77. The molecule has 0 radical (unpaired) electrons. The molecule has 0 atom stereocenters. The van der Waals surface area contributed by atoms with Crippen molar-refractivity contribution in [2.24, 2.45) is 5.41 Å². The number of rotatable bonds is 6. The molecule has 0 bridgehead atoms. The lowest BCUT2D eigenvalue weighted by Crippen LogP contribution is -2.34. The molecule has 0 saturated heterocycles. The van der Waals surface area contributed by atoms with Crippen LogP contribution in [0.25, 0.3) is 0 Å². The first kappa shape index (κ1) is 15.1. The Kier molecular flexibility index (Phi) is 5.15. The summed E-state index contributed by atoms with van der Waals surface area (Å²) in [5.41, 5.74) is -0.254. The number of sulfonamides is 1. The number of hydrogen-bond donors (Lipinski definition) is 2. The summed E-state index contributed by atoms with van der Waals surface area (Å²) in [7, 11) is -3.43. The molecule has 0 aliphatic heterocycles. The third-order valence-corrected chi connectivity index (χ3v) is 5.86. The van der Waals surface area contributed by atoms with Gasteiger partial charge in [0.05, 0.1) is 3.79 Å². The van der Waals surface area contributed by atoms with E-state index in [1.807, 2.05) is 13.8 Å². The summed E-state index contributed by atoms with van der Waals surface area (Å²) in [6.07, 6.45) is 0.559. The lowest BCUT2D eigenvalue weighted by atomic mass is 9.90. The second-order valence-corrected chi connectivity index (χ2v) is 8.98. The largest absolute Gasteiger partial charge is 0.396 e. The minimum atomic E-state index is -3.43. The molecule has 0 saturated carbocycles. The molecular formula is C10H16BrNO3S2. The maximum atomic E-state index is 11.9. The van der Waals surface area contributed by atoms with Crippen molar-refractivity contribution < 1.29 is 13.5 Å². The van der Waals surface area contributed by atoms with E-state index < -0.39 is 10.0 Å². The summed E-state index contributed by atoms with van der Waals surface area (Å²) in [5, 5.41) is 8.87. The smallest absolute Gasteiger partial charge is 0.250 e. The average Bonchev–Trinajstić information content (AvgIpc) is 2.63. The molecule has 0 fully saturated rings. The summed E-state index contributed by atoms with van der Waals surface area (Å²) in [4.78, 5) is 0. The summed E-state index contributed by atoms with van der Waals surface area (Å²) >= 11 is 4.41. The van der Waals surface area contributed by atoms with Crippen LogP contribution in [-0.2, 0) is 10.0 Å². The van der Waals surface area contributed by atoms with Crippen LogP contribution in [0.15, 0.2) is 20.1 Å². The molecule has 0 spiro atoms. The van der Waals surface area contributed by atoms with E-state index in [-0.39, 0.29) is 12.0 Å². The molecule has 7 heteroatoms. The van der Waals surface area contributed by atoms with Gasteiger partial charge in [0.2, 0.25) is 10.0 Å². The van der Waals surface area contributed by atoms with Crippen LogP contribution in [0.5, 0.6) is 0 Å². The molecule has 1 aromatic rings. The van der Waals surface area contributed by atoms with Gasteiger partial charge in [0.15, 0.2) is 0 Å². The standard InChI is InChI=1S/C10H16BrNO3S2/c1-10(2,5-6-13)7-12-17(14,15)9-4-3-8(11)16-9/h3-4,12-13H,5-7H2,1-2H3. The van der Waals surface area contributed by atoms with Crippen LogP contribution >= 0.6 is 27.3 Å². The monoisotopic (exact) mass is 341 g/mol. The van der Waals surface area contributed by atoms with E-state index >= 15 is 0 Å². The second kappa shape index (κ2) is 5.79. The Morgan fingerprint density at radius 1 is 1.47 bits per heavy atom. The van der Waals surface area contributed by atoms with Crippen LogP contribution in [-0.4, -0.2) is 26.7 Å². The van der Waals surface area contributed by atoms with Gasteiger partial charge in [-0.25, -0.2) is 13.1 Å².